The van der Waals surface area contributed by atoms with Gasteiger partial charge < -0.3 is 5.32 Å². The molecule has 2 aromatic rings. The number of hydrogen-bond acceptors (Lipinski definition) is 5. The van der Waals surface area contributed by atoms with Crippen LogP contribution in [0.1, 0.15) is 71.3 Å². The number of nitrogens with zero attached hydrogens (tertiary/aromatic N) is 2. The molecular weight excluding hydrogens is 537 g/mol. The number of ketones is 1. The van der Waals surface area contributed by atoms with Crippen LogP contribution < -0.4 is 5.32 Å². The van der Waals surface area contributed by atoms with Crippen LogP contribution in [0.15, 0.2) is 58.4 Å². The Kier molecular flexibility index (Phi) is 6.11. The highest BCUT2D eigenvalue weighted by atomic mass is 35.5. The van der Waals surface area contributed by atoms with E-state index in [0.717, 1.165) is 18.7 Å². The van der Waals surface area contributed by atoms with E-state index in [-0.39, 0.29) is 33.1 Å². The molecule has 0 amide bonds. The zero-order valence-corrected chi connectivity index (χ0v) is 24.2. The maximum Gasteiger partial charge on any atom is 0.243 e. The van der Waals surface area contributed by atoms with Crippen LogP contribution in [0.3, 0.4) is 0 Å². The first-order valence-corrected chi connectivity index (χ1v) is 15.5. The molecule has 2 bridgehead atoms. The van der Waals surface area contributed by atoms with Gasteiger partial charge in [0.05, 0.1) is 15.5 Å². The second-order valence-electron chi connectivity index (χ2n) is 13.1. The first-order valence-electron chi connectivity index (χ1n) is 13.7. The number of carbonyl (C=O) groups is 1. The highest BCUT2D eigenvalue weighted by Crippen LogP contribution is 2.71. The van der Waals surface area contributed by atoms with E-state index in [2.05, 4.69) is 12.2 Å². The summed E-state index contributed by atoms with van der Waals surface area (Å²) in [5, 5.41) is 3.55. The SMILES string of the molecule is CC1(CC(=O)[C@@H]2N=C(C34CC(N(Cc5ccc(Cl)c(F)c5)S(=O)(=O)c5ccccc5)(C3)C4)NC2(C)C)CCC1. The van der Waals surface area contributed by atoms with Crippen LogP contribution in [-0.4, -0.2) is 41.5 Å². The Morgan fingerprint density at radius 1 is 1.10 bits per heavy atom. The Hall–Kier alpha value is -2.29. The molecule has 7 rings (SSSR count). The molecule has 0 unspecified atom stereocenters. The van der Waals surface area contributed by atoms with Crippen molar-refractivity contribution in [2.24, 2.45) is 15.8 Å². The van der Waals surface area contributed by atoms with Crippen molar-refractivity contribution >= 4 is 33.2 Å². The number of Topliss-reactive ketones (excluding diaryl/α,β-unsaturated/α-hetero) is 1. The molecule has 0 saturated heterocycles. The van der Waals surface area contributed by atoms with E-state index >= 15 is 0 Å². The summed E-state index contributed by atoms with van der Waals surface area (Å²) >= 11 is 5.88. The lowest BCUT2D eigenvalue weighted by molar-refractivity contribution is -0.151. The van der Waals surface area contributed by atoms with Crippen LogP contribution in [0.5, 0.6) is 0 Å². The van der Waals surface area contributed by atoms with E-state index < -0.39 is 33.0 Å². The number of carbonyl (C=O) groups excluding carboxylic acids is 1. The average molecular weight is 572 g/mol. The summed E-state index contributed by atoms with van der Waals surface area (Å²) in [6, 6.07) is 12.4. The lowest BCUT2D eigenvalue weighted by Gasteiger charge is -2.73. The van der Waals surface area contributed by atoms with E-state index in [1.807, 2.05) is 13.8 Å². The minimum atomic E-state index is -3.85. The number of halogens is 2. The van der Waals surface area contributed by atoms with Gasteiger partial charge >= 0.3 is 0 Å². The highest BCUT2D eigenvalue weighted by Gasteiger charge is 2.75. The average Bonchev–Trinajstić information content (AvgIpc) is 3.13. The number of nitrogens with one attached hydrogen (secondary N) is 1. The summed E-state index contributed by atoms with van der Waals surface area (Å²) in [5.74, 6) is 0.448. The molecular formula is C30H35ClFN3O3S. The van der Waals surface area contributed by atoms with Gasteiger partial charge in [0.2, 0.25) is 10.0 Å². The Morgan fingerprint density at radius 3 is 2.36 bits per heavy atom. The molecule has 1 aliphatic heterocycles. The number of benzene rings is 2. The number of hydrogen-bond donors (Lipinski definition) is 1. The largest absolute Gasteiger partial charge is 0.366 e. The predicted molar refractivity (Wildman–Crippen MR) is 150 cm³/mol. The summed E-state index contributed by atoms with van der Waals surface area (Å²) in [7, 11) is -3.85. The van der Waals surface area contributed by atoms with Crippen LogP contribution in [-0.2, 0) is 21.4 Å². The van der Waals surface area contributed by atoms with Crippen molar-refractivity contribution in [3.63, 3.8) is 0 Å². The molecule has 4 saturated carbocycles. The van der Waals surface area contributed by atoms with Gasteiger partial charge in [0.25, 0.3) is 0 Å². The zero-order valence-electron chi connectivity index (χ0n) is 22.6. The molecule has 0 aromatic heterocycles. The third-order valence-electron chi connectivity index (χ3n) is 9.52. The monoisotopic (exact) mass is 571 g/mol. The van der Waals surface area contributed by atoms with E-state index in [4.69, 9.17) is 16.6 Å². The van der Waals surface area contributed by atoms with Gasteiger partial charge in [0.15, 0.2) is 5.78 Å². The third-order valence-corrected chi connectivity index (χ3v) is 11.8. The van der Waals surface area contributed by atoms with Crippen LogP contribution in [0.2, 0.25) is 5.02 Å². The van der Waals surface area contributed by atoms with Crippen LogP contribution in [0, 0.1) is 16.6 Å². The van der Waals surface area contributed by atoms with Crippen molar-refractivity contribution in [2.75, 3.05) is 0 Å². The Labute approximate surface area is 235 Å². The van der Waals surface area contributed by atoms with Gasteiger partial charge in [-0.1, -0.05) is 49.2 Å². The predicted octanol–water partition coefficient (Wildman–Crippen LogP) is 5.89. The Bertz CT molecular complexity index is 1450. The number of amidine groups is 1. The summed E-state index contributed by atoms with van der Waals surface area (Å²) in [6.45, 7) is 6.29. The smallest absolute Gasteiger partial charge is 0.243 e. The van der Waals surface area contributed by atoms with Crippen molar-refractivity contribution in [3.05, 3.63) is 64.9 Å². The van der Waals surface area contributed by atoms with Gasteiger partial charge in [0.1, 0.15) is 17.7 Å². The molecule has 1 heterocycles. The Balaban J connectivity index is 1.26. The molecule has 5 aliphatic rings. The van der Waals surface area contributed by atoms with E-state index in [0.29, 0.717) is 31.2 Å². The maximum absolute atomic E-state index is 14.3. The number of rotatable bonds is 9. The van der Waals surface area contributed by atoms with Crippen molar-refractivity contribution in [3.8, 4) is 0 Å². The van der Waals surface area contributed by atoms with Gasteiger partial charge in [-0.3, -0.25) is 9.79 Å². The van der Waals surface area contributed by atoms with Gasteiger partial charge in [-0.25, -0.2) is 12.8 Å². The second kappa shape index (κ2) is 8.85. The lowest BCUT2D eigenvalue weighted by atomic mass is 9.38. The first kappa shape index (κ1) is 26.9. The van der Waals surface area contributed by atoms with E-state index in [1.165, 1.54) is 18.6 Å². The van der Waals surface area contributed by atoms with Crippen LogP contribution >= 0.6 is 11.6 Å². The summed E-state index contributed by atoms with van der Waals surface area (Å²) < 4.78 is 43.6. The molecule has 6 nitrogen and oxygen atoms in total. The van der Waals surface area contributed by atoms with Crippen molar-refractivity contribution in [1.29, 1.82) is 0 Å². The molecule has 4 fully saturated rings. The molecule has 4 aliphatic carbocycles. The van der Waals surface area contributed by atoms with Gasteiger partial charge in [-0.05, 0) is 81.2 Å². The van der Waals surface area contributed by atoms with Crippen LogP contribution in [0.25, 0.3) is 0 Å². The Morgan fingerprint density at radius 2 is 1.77 bits per heavy atom. The maximum atomic E-state index is 14.3. The minimum absolute atomic E-state index is 0.00372. The number of sulfonamides is 1. The van der Waals surface area contributed by atoms with E-state index in [1.54, 1.807) is 40.7 Å². The standard InChI is InChI=1S/C30H35ClFN3O3S/c1-27(2)25(24(36)15-28(3)12-7-13-28)33-26(34-27)29-17-30(18-29,19-29)35(16-20-10-11-22(31)23(32)14-20)39(37,38)21-8-5-4-6-9-21/h4-6,8-11,14,25H,7,12-13,15-19H2,1-3H3,(H,33,34)/t25-,29?,30?/m0/s1. The summed E-state index contributed by atoms with van der Waals surface area (Å²) in [6.07, 6.45) is 5.75. The van der Waals surface area contributed by atoms with Gasteiger partial charge in [0, 0.05) is 23.9 Å². The fourth-order valence-corrected chi connectivity index (χ4v) is 9.09. The zero-order chi connectivity index (χ0) is 27.8. The molecule has 1 N–H and O–H groups in total. The number of aliphatic imine (C=N–C) groups is 1. The molecule has 0 radical (unpaired) electrons. The minimum Gasteiger partial charge on any atom is -0.366 e. The van der Waals surface area contributed by atoms with Crippen molar-refractivity contribution in [2.45, 2.75) is 94.3 Å². The van der Waals surface area contributed by atoms with E-state index in [9.17, 15) is 17.6 Å². The fourth-order valence-electron chi connectivity index (χ4n) is 7.20. The molecule has 39 heavy (non-hydrogen) atoms. The van der Waals surface area contributed by atoms with Gasteiger partial charge in [-0.2, -0.15) is 4.31 Å². The molecule has 0 spiro atoms. The first-order chi connectivity index (χ1) is 18.3. The van der Waals surface area contributed by atoms with Gasteiger partial charge in [-0.15, -0.1) is 0 Å². The summed E-state index contributed by atoms with van der Waals surface area (Å²) in [4.78, 5) is 18.5. The third kappa shape index (κ3) is 4.34. The normalized spacial score (nSPS) is 30.0. The molecule has 9 heteroatoms. The van der Waals surface area contributed by atoms with Crippen LogP contribution in [0.4, 0.5) is 4.39 Å². The lowest BCUT2D eigenvalue weighted by Crippen LogP contribution is -2.78. The summed E-state index contributed by atoms with van der Waals surface area (Å²) in [5.41, 5.74) is -0.684. The molecule has 208 valence electrons. The van der Waals surface area contributed by atoms with Crippen molar-refractivity contribution < 1.29 is 17.6 Å². The quantitative estimate of drug-likeness (QED) is 0.407. The van der Waals surface area contributed by atoms with Crippen molar-refractivity contribution in [1.82, 2.24) is 9.62 Å². The second-order valence-corrected chi connectivity index (χ2v) is 15.4. The molecule has 1 atom stereocenters. The topological polar surface area (TPSA) is 78.8 Å². The molecule has 2 aromatic carbocycles. The highest BCUT2D eigenvalue weighted by molar-refractivity contribution is 7.89. The fraction of sp³-hybridized carbons (Fsp3) is 0.533.